The number of rotatable bonds is 8. The number of carboxylic acids is 2. The number of guanidine groups is 1. The average Bonchev–Trinajstić information content (AvgIpc) is 2.33. The molecule has 0 aromatic rings. The van der Waals surface area contributed by atoms with Crippen LogP contribution in [0.25, 0.3) is 0 Å². The number of hydrogen-bond acceptors (Lipinski definition) is 5. The predicted molar refractivity (Wildman–Crippen MR) is 79.8 cm³/mol. The van der Waals surface area contributed by atoms with Crippen LogP contribution >= 0.6 is 0 Å². The molecule has 10 N–H and O–H groups in total. The van der Waals surface area contributed by atoms with Crippen LogP contribution in [0.15, 0.2) is 0 Å². The Morgan fingerprint density at radius 1 is 1.14 bits per heavy atom. The predicted octanol–water partition coefficient (Wildman–Crippen LogP) is -0.894. The van der Waals surface area contributed by atoms with E-state index < -0.39 is 24.0 Å². The van der Waals surface area contributed by atoms with E-state index in [0.29, 0.717) is 31.7 Å². The van der Waals surface area contributed by atoms with Crippen molar-refractivity contribution in [2.75, 3.05) is 6.54 Å². The third kappa shape index (κ3) is 16.1. The Morgan fingerprint density at radius 2 is 1.62 bits per heavy atom. The number of aliphatic carboxylic acids is 2. The van der Waals surface area contributed by atoms with E-state index in [2.05, 4.69) is 5.32 Å². The van der Waals surface area contributed by atoms with Crippen LogP contribution < -0.4 is 22.5 Å². The van der Waals surface area contributed by atoms with Crippen molar-refractivity contribution in [1.82, 2.24) is 5.32 Å². The first-order valence-electron chi connectivity index (χ1n) is 6.62. The molecule has 0 aliphatic carbocycles. The van der Waals surface area contributed by atoms with Gasteiger partial charge < -0.3 is 32.7 Å². The lowest BCUT2D eigenvalue weighted by Crippen LogP contribution is -2.34. The second kappa shape index (κ2) is 11.9. The van der Waals surface area contributed by atoms with E-state index in [-0.39, 0.29) is 5.96 Å². The molecule has 21 heavy (non-hydrogen) atoms. The summed E-state index contributed by atoms with van der Waals surface area (Å²) in [4.78, 5) is 20.3. The van der Waals surface area contributed by atoms with Gasteiger partial charge in [0.05, 0.1) is 0 Å². The van der Waals surface area contributed by atoms with E-state index in [1.165, 1.54) is 0 Å². The number of hydrogen-bond donors (Lipinski definition) is 7. The Hall–Kier alpha value is -1.87. The SMILES string of the molecule is CC(C)C[C@H](N)C(=O)O.N=C(N)NCCC[C@H](N)C(=O)O. The molecule has 9 heteroatoms. The summed E-state index contributed by atoms with van der Waals surface area (Å²) in [7, 11) is 0. The molecule has 9 nitrogen and oxygen atoms in total. The number of nitrogens with one attached hydrogen (secondary N) is 2. The molecule has 0 spiro atoms. The van der Waals surface area contributed by atoms with E-state index in [1.807, 2.05) is 13.8 Å². The molecule has 0 aromatic heterocycles. The van der Waals surface area contributed by atoms with Gasteiger partial charge in [0.25, 0.3) is 0 Å². The molecule has 124 valence electrons. The van der Waals surface area contributed by atoms with Crippen LogP contribution in [-0.2, 0) is 9.59 Å². The number of nitrogens with two attached hydrogens (primary N) is 3. The van der Waals surface area contributed by atoms with E-state index in [9.17, 15) is 9.59 Å². The van der Waals surface area contributed by atoms with Gasteiger partial charge in [-0.25, -0.2) is 0 Å². The van der Waals surface area contributed by atoms with Crippen LogP contribution in [-0.4, -0.2) is 46.7 Å². The third-order valence-corrected chi connectivity index (χ3v) is 2.37. The summed E-state index contributed by atoms with van der Waals surface area (Å²) in [6.07, 6.45) is 1.53. The summed E-state index contributed by atoms with van der Waals surface area (Å²) in [5.74, 6) is -1.67. The molecule has 0 amide bonds. The minimum absolute atomic E-state index is 0.112. The zero-order valence-corrected chi connectivity index (χ0v) is 12.5. The van der Waals surface area contributed by atoms with Crippen molar-refractivity contribution >= 4 is 17.9 Å². The molecule has 0 rings (SSSR count). The minimum Gasteiger partial charge on any atom is -0.480 e. The monoisotopic (exact) mass is 305 g/mol. The zero-order chi connectivity index (χ0) is 17.0. The summed E-state index contributed by atoms with van der Waals surface area (Å²) in [6, 6.07) is -1.51. The van der Waals surface area contributed by atoms with Crippen molar-refractivity contribution in [2.24, 2.45) is 23.1 Å². The summed E-state index contributed by atoms with van der Waals surface area (Å²) in [6.45, 7) is 4.38. The highest BCUT2D eigenvalue weighted by Gasteiger charge is 2.12. The molecule has 0 heterocycles. The molecular formula is C12H27N5O4. The Kier molecular flexibility index (Phi) is 12.2. The molecule has 0 unspecified atom stereocenters. The lowest BCUT2D eigenvalue weighted by Gasteiger charge is -2.07. The van der Waals surface area contributed by atoms with E-state index >= 15 is 0 Å². The topological polar surface area (TPSA) is 189 Å². The fraction of sp³-hybridized carbons (Fsp3) is 0.750. The summed E-state index contributed by atoms with van der Waals surface area (Å²) < 4.78 is 0. The maximum Gasteiger partial charge on any atom is 0.320 e. The molecular weight excluding hydrogens is 278 g/mol. The summed E-state index contributed by atoms with van der Waals surface area (Å²) >= 11 is 0. The van der Waals surface area contributed by atoms with Crippen LogP contribution in [0.2, 0.25) is 0 Å². The molecule has 0 aliphatic rings. The Labute approximate surface area is 124 Å². The second-order valence-corrected chi connectivity index (χ2v) is 5.00. The highest BCUT2D eigenvalue weighted by atomic mass is 16.4. The van der Waals surface area contributed by atoms with Crippen molar-refractivity contribution < 1.29 is 19.8 Å². The molecule has 0 bridgehead atoms. The molecule has 0 aliphatic heterocycles. The van der Waals surface area contributed by atoms with Crippen LogP contribution in [0.3, 0.4) is 0 Å². The fourth-order valence-corrected chi connectivity index (χ4v) is 1.28. The molecule has 0 aromatic carbocycles. The van der Waals surface area contributed by atoms with E-state index in [4.69, 9.17) is 32.8 Å². The third-order valence-electron chi connectivity index (χ3n) is 2.37. The Balaban J connectivity index is 0. The average molecular weight is 305 g/mol. The van der Waals surface area contributed by atoms with Crippen molar-refractivity contribution in [2.45, 2.75) is 45.2 Å². The molecule has 0 saturated carbocycles. The van der Waals surface area contributed by atoms with Gasteiger partial charge in [0.15, 0.2) is 5.96 Å². The quantitative estimate of drug-likeness (QED) is 0.170. The molecule has 2 atom stereocenters. The van der Waals surface area contributed by atoms with Gasteiger partial charge >= 0.3 is 11.9 Å². The van der Waals surface area contributed by atoms with Gasteiger partial charge in [-0.05, 0) is 25.2 Å². The number of carboxylic acid groups (broad SMARTS) is 2. The normalized spacial score (nSPS) is 12.8. The largest absolute Gasteiger partial charge is 0.480 e. The fourth-order valence-electron chi connectivity index (χ4n) is 1.28. The van der Waals surface area contributed by atoms with Crippen LogP contribution in [0.5, 0.6) is 0 Å². The lowest BCUT2D eigenvalue weighted by molar-refractivity contribution is -0.139. The van der Waals surface area contributed by atoms with Gasteiger partial charge in [0.2, 0.25) is 0 Å². The number of carbonyl (C=O) groups is 2. The van der Waals surface area contributed by atoms with E-state index in [0.717, 1.165) is 0 Å². The summed E-state index contributed by atoms with van der Waals surface area (Å²) in [5.41, 5.74) is 15.4. The Morgan fingerprint density at radius 3 is 1.90 bits per heavy atom. The van der Waals surface area contributed by atoms with Crippen LogP contribution in [0.1, 0.15) is 33.1 Å². The highest BCUT2D eigenvalue weighted by Crippen LogP contribution is 2.01. The van der Waals surface area contributed by atoms with Crippen LogP contribution in [0, 0.1) is 11.3 Å². The van der Waals surface area contributed by atoms with Crippen molar-refractivity contribution in [3.63, 3.8) is 0 Å². The minimum atomic E-state index is -1.00. The van der Waals surface area contributed by atoms with E-state index in [1.54, 1.807) is 0 Å². The smallest absolute Gasteiger partial charge is 0.320 e. The van der Waals surface area contributed by atoms with Crippen molar-refractivity contribution in [3.8, 4) is 0 Å². The molecule has 0 saturated heterocycles. The first-order chi connectivity index (χ1) is 9.57. The zero-order valence-electron chi connectivity index (χ0n) is 12.5. The molecule has 0 fully saturated rings. The van der Waals surface area contributed by atoms with Gasteiger partial charge in [-0.15, -0.1) is 0 Å². The first-order valence-corrected chi connectivity index (χ1v) is 6.62. The van der Waals surface area contributed by atoms with Crippen molar-refractivity contribution in [3.05, 3.63) is 0 Å². The van der Waals surface area contributed by atoms with Gasteiger partial charge in [-0.2, -0.15) is 0 Å². The van der Waals surface area contributed by atoms with Gasteiger partial charge in [0, 0.05) is 6.54 Å². The molecule has 0 radical (unpaired) electrons. The highest BCUT2D eigenvalue weighted by molar-refractivity contribution is 5.74. The standard InChI is InChI=1S/C6H14N4O2.C6H13NO2/c7-4(5(11)12)2-1-3-10-6(8)9;1-4(2)3-5(7)6(8)9/h4H,1-3,7H2,(H,11,12)(H4,8,9,10);4-5H,3,7H2,1-2H3,(H,8,9)/t4-;5-/m00/s1. The van der Waals surface area contributed by atoms with Gasteiger partial charge in [-0.3, -0.25) is 15.0 Å². The lowest BCUT2D eigenvalue weighted by atomic mass is 10.1. The Bertz CT molecular complexity index is 336. The van der Waals surface area contributed by atoms with Crippen molar-refractivity contribution in [1.29, 1.82) is 5.41 Å². The maximum absolute atomic E-state index is 10.2. The second-order valence-electron chi connectivity index (χ2n) is 5.00. The first kappa shape index (κ1) is 21.4. The maximum atomic E-state index is 10.2. The van der Waals surface area contributed by atoms with Gasteiger partial charge in [0.1, 0.15) is 12.1 Å². The van der Waals surface area contributed by atoms with Gasteiger partial charge in [-0.1, -0.05) is 13.8 Å². The van der Waals surface area contributed by atoms with Crippen LogP contribution in [0.4, 0.5) is 0 Å². The summed E-state index contributed by atoms with van der Waals surface area (Å²) in [5, 5.41) is 26.0.